The lowest BCUT2D eigenvalue weighted by atomic mass is 9.86. The fourth-order valence-electron chi connectivity index (χ4n) is 2.53. The second-order valence-corrected chi connectivity index (χ2v) is 4.28. The van der Waals surface area contributed by atoms with Crippen molar-refractivity contribution < 1.29 is 5.21 Å². The van der Waals surface area contributed by atoms with Crippen LogP contribution in [0, 0.1) is 11.8 Å². The van der Waals surface area contributed by atoms with Crippen molar-refractivity contribution in [1.82, 2.24) is 9.96 Å². The van der Waals surface area contributed by atoms with E-state index in [-0.39, 0.29) is 0 Å². The zero-order valence-electron chi connectivity index (χ0n) is 8.49. The van der Waals surface area contributed by atoms with E-state index >= 15 is 0 Å². The lowest BCUT2D eigenvalue weighted by molar-refractivity contribution is -0.144. The Kier molecular flexibility index (Phi) is 3.09. The average molecular weight is 172 g/mol. The normalized spacial score (nSPS) is 39.0. The maximum atomic E-state index is 9.36. The Morgan fingerprint density at radius 3 is 1.92 bits per heavy atom. The van der Waals surface area contributed by atoms with Crippen molar-refractivity contribution in [2.45, 2.75) is 19.9 Å². The zero-order valence-corrected chi connectivity index (χ0v) is 8.49. The third-order valence-electron chi connectivity index (χ3n) is 2.76. The molecule has 0 aromatic carbocycles. The van der Waals surface area contributed by atoms with Gasteiger partial charge in [-0.15, -0.1) is 0 Å². The summed E-state index contributed by atoms with van der Waals surface area (Å²) in [7, 11) is 4.23. The minimum Gasteiger partial charge on any atom is -0.314 e. The summed E-state index contributed by atoms with van der Waals surface area (Å²) >= 11 is 0. The van der Waals surface area contributed by atoms with Gasteiger partial charge in [0, 0.05) is 19.1 Å². The Bertz CT molecular complexity index is 137. The average Bonchev–Trinajstić information content (AvgIpc) is 1.82. The van der Waals surface area contributed by atoms with Gasteiger partial charge in [-0.05, 0) is 25.9 Å². The van der Waals surface area contributed by atoms with Crippen molar-refractivity contribution in [3.8, 4) is 0 Å². The molecule has 3 nitrogen and oxygen atoms in total. The summed E-state index contributed by atoms with van der Waals surface area (Å²) < 4.78 is 0. The van der Waals surface area contributed by atoms with E-state index in [0.717, 1.165) is 13.1 Å². The molecule has 0 aromatic heterocycles. The molecular formula is C9H20N2O. The number of hydrogen-bond donors (Lipinski definition) is 1. The molecule has 1 N–H and O–H groups in total. The van der Waals surface area contributed by atoms with Crippen LogP contribution in [0.2, 0.25) is 0 Å². The second kappa shape index (κ2) is 3.73. The Hall–Kier alpha value is -0.120. The molecule has 0 spiro atoms. The molecular weight excluding hydrogens is 152 g/mol. The van der Waals surface area contributed by atoms with E-state index < -0.39 is 0 Å². The smallest absolute Gasteiger partial charge is 0.0279 e. The molecule has 0 radical (unpaired) electrons. The van der Waals surface area contributed by atoms with Gasteiger partial charge in [-0.25, -0.2) is 0 Å². The van der Waals surface area contributed by atoms with E-state index in [1.165, 1.54) is 5.06 Å². The van der Waals surface area contributed by atoms with Gasteiger partial charge in [0.05, 0.1) is 0 Å². The largest absolute Gasteiger partial charge is 0.314 e. The molecule has 1 saturated heterocycles. The summed E-state index contributed by atoms with van der Waals surface area (Å²) in [5, 5.41) is 10.8. The third kappa shape index (κ3) is 1.97. The predicted molar refractivity (Wildman–Crippen MR) is 49.2 cm³/mol. The van der Waals surface area contributed by atoms with Gasteiger partial charge < -0.3 is 10.1 Å². The van der Waals surface area contributed by atoms with Crippen LogP contribution in [0.25, 0.3) is 0 Å². The quantitative estimate of drug-likeness (QED) is 0.636. The van der Waals surface area contributed by atoms with E-state index in [1.54, 1.807) is 0 Å². The van der Waals surface area contributed by atoms with Crippen LogP contribution in [0.4, 0.5) is 0 Å². The van der Waals surface area contributed by atoms with Crippen LogP contribution in [0.1, 0.15) is 13.8 Å². The molecule has 0 amide bonds. The van der Waals surface area contributed by atoms with Gasteiger partial charge in [0.25, 0.3) is 0 Å². The van der Waals surface area contributed by atoms with Gasteiger partial charge in [0.15, 0.2) is 0 Å². The highest BCUT2D eigenvalue weighted by Crippen LogP contribution is 2.23. The third-order valence-corrected chi connectivity index (χ3v) is 2.76. The van der Waals surface area contributed by atoms with Crippen LogP contribution in [0.3, 0.4) is 0 Å². The van der Waals surface area contributed by atoms with Gasteiger partial charge >= 0.3 is 0 Å². The molecule has 0 saturated carbocycles. The van der Waals surface area contributed by atoms with Crippen LogP contribution in [-0.4, -0.2) is 48.4 Å². The summed E-state index contributed by atoms with van der Waals surface area (Å²) in [6.07, 6.45) is 0. The zero-order chi connectivity index (χ0) is 9.30. The minimum atomic E-state index is 0.550. The van der Waals surface area contributed by atoms with Crippen molar-refractivity contribution >= 4 is 0 Å². The molecule has 0 aromatic rings. The molecule has 0 aliphatic carbocycles. The molecule has 1 fully saturated rings. The highest BCUT2D eigenvalue weighted by atomic mass is 16.5. The van der Waals surface area contributed by atoms with Gasteiger partial charge in [-0.2, -0.15) is 5.06 Å². The highest BCUT2D eigenvalue weighted by molar-refractivity contribution is 4.84. The number of hydrogen-bond acceptors (Lipinski definition) is 3. The lowest BCUT2D eigenvalue weighted by Crippen LogP contribution is -2.51. The first-order valence-electron chi connectivity index (χ1n) is 4.62. The van der Waals surface area contributed by atoms with Gasteiger partial charge in [-0.3, -0.25) is 0 Å². The Morgan fingerprint density at radius 2 is 1.58 bits per heavy atom. The van der Waals surface area contributed by atoms with Crippen molar-refractivity contribution in [2.24, 2.45) is 11.8 Å². The van der Waals surface area contributed by atoms with Gasteiger partial charge in [-0.1, -0.05) is 13.8 Å². The van der Waals surface area contributed by atoms with E-state index in [1.807, 2.05) is 0 Å². The molecule has 72 valence electrons. The number of nitrogens with zero attached hydrogens (tertiary/aromatic N) is 2. The van der Waals surface area contributed by atoms with E-state index in [4.69, 9.17) is 0 Å². The Morgan fingerprint density at radius 1 is 1.17 bits per heavy atom. The van der Waals surface area contributed by atoms with Crippen LogP contribution >= 0.6 is 0 Å². The maximum absolute atomic E-state index is 9.36. The summed E-state index contributed by atoms with van der Waals surface area (Å²) in [6.45, 7) is 5.99. The second-order valence-electron chi connectivity index (χ2n) is 4.28. The fraction of sp³-hybridized carbons (Fsp3) is 1.00. The summed E-state index contributed by atoms with van der Waals surface area (Å²) in [6, 6.07) is 0.605. The van der Waals surface area contributed by atoms with Crippen LogP contribution < -0.4 is 0 Å². The first kappa shape index (κ1) is 9.96. The molecule has 2 unspecified atom stereocenters. The van der Waals surface area contributed by atoms with E-state index in [9.17, 15) is 5.21 Å². The van der Waals surface area contributed by atoms with Crippen LogP contribution in [-0.2, 0) is 0 Å². The Labute approximate surface area is 74.9 Å². The van der Waals surface area contributed by atoms with Crippen molar-refractivity contribution in [3.05, 3.63) is 0 Å². The molecule has 1 heterocycles. The van der Waals surface area contributed by atoms with E-state index in [0.29, 0.717) is 17.9 Å². The Balaban J connectivity index is 2.60. The molecule has 1 rings (SSSR count). The number of piperidine rings is 1. The number of hydroxylamine groups is 2. The molecule has 0 bridgehead atoms. The fourth-order valence-corrected chi connectivity index (χ4v) is 2.53. The molecule has 2 atom stereocenters. The molecule has 1 aliphatic heterocycles. The van der Waals surface area contributed by atoms with E-state index in [2.05, 4.69) is 32.8 Å². The molecule has 12 heavy (non-hydrogen) atoms. The van der Waals surface area contributed by atoms with Crippen molar-refractivity contribution in [2.75, 3.05) is 27.2 Å². The lowest BCUT2D eigenvalue weighted by Gasteiger charge is -2.42. The topological polar surface area (TPSA) is 26.7 Å². The summed E-state index contributed by atoms with van der Waals surface area (Å²) in [4.78, 5) is 2.27. The molecule has 1 aliphatic rings. The molecule has 3 heteroatoms. The monoisotopic (exact) mass is 172 g/mol. The predicted octanol–water partition coefficient (Wildman–Crippen LogP) is 0.894. The first-order chi connectivity index (χ1) is 5.52. The summed E-state index contributed by atoms with van der Waals surface area (Å²) in [5.74, 6) is 1.10. The highest BCUT2D eigenvalue weighted by Gasteiger charge is 2.32. The number of rotatable bonds is 1. The SMILES string of the molecule is CC1CN(O)CC(C)C1N(C)C. The first-order valence-corrected chi connectivity index (χ1v) is 4.62. The van der Waals surface area contributed by atoms with Crippen molar-refractivity contribution in [3.63, 3.8) is 0 Å². The van der Waals surface area contributed by atoms with Crippen LogP contribution in [0.15, 0.2) is 0 Å². The minimum absolute atomic E-state index is 0.550. The van der Waals surface area contributed by atoms with Gasteiger partial charge in [0.2, 0.25) is 0 Å². The standard InChI is InChI=1S/C9H20N2O/c1-7-5-11(12)6-8(2)9(7)10(3)4/h7-9,12H,5-6H2,1-4H3. The van der Waals surface area contributed by atoms with Gasteiger partial charge in [0.1, 0.15) is 0 Å². The van der Waals surface area contributed by atoms with Crippen molar-refractivity contribution in [1.29, 1.82) is 0 Å². The maximum Gasteiger partial charge on any atom is 0.0279 e. The summed E-state index contributed by atoms with van der Waals surface area (Å²) in [5.41, 5.74) is 0. The van der Waals surface area contributed by atoms with Crippen LogP contribution in [0.5, 0.6) is 0 Å².